The predicted octanol–water partition coefficient (Wildman–Crippen LogP) is 2.63. The predicted molar refractivity (Wildman–Crippen MR) is 71.2 cm³/mol. The highest BCUT2D eigenvalue weighted by molar-refractivity contribution is 6.35. The van der Waals surface area contributed by atoms with Gasteiger partial charge in [0, 0.05) is 24.5 Å². The van der Waals surface area contributed by atoms with Gasteiger partial charge in [0.05, 0.1) is 15.9 Å². The van der Waals surface area contributed by atoms with E-state index in [0.29, 0.717) is 23.9 Å². The summed E-state index contributed by atoms with van der Waals surface area (Å²) in [6, 6.07) is 5.44. The number of carbonyl (C=O) groups is 1. The Morgan fingerprint density at radius 2 is 2.22 bits per heavy atom. The molecule has 2 aromatic rings. The Bertz CT molecular complexity index is 632. The summed E-state index contributed by atoms with van der Waals surface area (Å²) in [4.78, 5) is 21.8. The molecule has 0 radical (unpaired) electrons. The van der Waals surface area contributed by atoms with Crippen LogP contribution in [0.5, 0.6) is 0 Å². The Morgan fingerprint density at radius 1 is 1.39 bits per heavy atom. The molecule has 1 atom stereocenters. The van der Waals surface area contributed by atoms with E-state index in [9.17, 15) is 4.79 Å². The van der Waals surface area contributed by atoms with Crippen LogP contribution in [0.25, 0.3) is 10.9 Å². The van der Waals surface area contributed by atoms with Crippen LogP contribution in [0.2, 0.25) is 5.02 Å². The first-order valence-electron chi connectivity index (χ1n) is 5.51. The zero-order valence-corrected chi connectivity index (χ0v) is 10.8. The maximum atomic E-state index is 11.7. The molecular formula is C12H9Cl2N3O. The molecule has 1 unspecified atom stereocenters. The van der Waals surface area contributed by atoms with E-state index in [1.54, 1.807) is 12.3 Å². The summed E-state index contributed by atoms with van der Waals surface area (Å²) in [5, 5.41) is 1.20. The fraction of sp³-hybridized carbons (Fsp3) is 0.250. The maximum absolute atomic E-state index is 11.7. The maximum Gasteiger partial charge on any atom is 0.232 e. The summed E-state index contributed by atoms with van der Waals surface area (Å²) < 4.78 is 0. The first-order valence-corrected chi connectivity index (χ1v) is 6.32. The third kappa shape index (κ3) is 1.91. The van der Waals surface area contributed by atoms with Crippen LogP contribution in [-0.4, -0.2) is 27.8 Å². The van der Waals surface area contributed by atoms with Crippen LogP contribution in [0, 0.1) is 0 Å². The summed E-state index contributed by atoms with van der Waals surface area (Å²) >= 11 is 12.0. The van der Waals surface area contributed by atoms with Crippen LogP contribution in [0.3, 0.4) is 0 Å². The van der Waals surface area contributed by atoms with Crippen molar-refractivity contribution in [2.45, 2.75) is 11.8 Å². The van der Waals surface area contributed by atoms with Crippen LogP contribution < -0.4 is 4.90 Å². The van der Waals surface area contributed by atoms with Gasteiger partial charge in [-0.05, 0) is 12.1 Å². The topological polar surface area (TPSA) is 46.1 Å². The number of aromatic nitrogens is 2. The number of fused-ring (bicyclic) bond motifs is 1. The lowest BCUT2D eigenvalue weighted by molar-refractivity contribution is -0.117. The molecule has 2 heterocycles. The summed E-state index contributed by atoms with van der Waals surface area (Å²) in [5.74, 6) is 0.342. The van der Waals surface area contributed by atoms with E-state index in [4.69, 9.17) is 23.2 Å². The van der Waals surface area contributed by atoms with Gasteiger partial charge >= 0.3 is 0 Å². The molecule has 0 bridgehead atoms. The van der Waals surface area contributed by atoms with E-state index < -0.39 is 0 Å². The van der Waals surface area contributed by atoms with Crippen LogP contribution in [0.15, 0.2) is 24.4 Å². The van der Waals surface area contributed by atoms with Crippen molar-refractivity contribution in [3.05, 3.63) is 29.4 Å². The first kappa shape index (κ1) is 11.7. The standard InChI is InChI=1S/C12H9Cl2N3O/c13-7-4-11(18)17(6-7)12-15-5-8-9(14)2-1-3-10(8)16-12/h1-3,5,7H,4,6H2. The molecule has 1 aromatic heterocycles. The van der Waals surface area contributed by atoms with E-state index in [2.05, 4.69) is 9.97 Å². The number of hydrogen-bond acceptors (Lipinski definition) is 3. The number of amides is 1. The van der Waals surface area contributed by atoms with Crippen molar-refractivity contribution >= 4 is 46.0 Å². The number of anilines is 1. The van der Waals surface area contributed by atoms with E-state index in [1.165, 1.54) is 4.90 Å². The Kier molecular flexibility index (Phi) is 2.84. The van der Waals surface area contributed by atoms with Crippen molar-refractivity contribution in [1.29, 1.82) is 0 Å². The summed E-state index contributed by atoms with van der Waals surface area (Å²) in [6.45, 7) is 0.451. The third-order valence-corrected chi connectivity index (χ3v) is 3.50. The van der Waals surface area contributed by atoms with Gasteiger partial charge in [-0.25, -0.2) is 9.97 Å². The molecule has 1 aromatic carbocycles. The molecule has 0 aliphatic carbocycles. The van der Waals surface area contributed by atoms with Gasteiger partial charge < -0.3 is 0 Å². The average molecular weight is 282 g/mol. The van der Waals surface area contributed by atoms with Crippen molar-refractivity contribution in [3.8, 4) is 0 Å². The minimum absolute atomic E-state index is 0.0450. The average Bonchev–Trinajstić information content (AvgIpc) is 2.68. The van der Waals surface area contributed by atoms with Gasteiger partial charge in [-0.15, -0.1) is 11.6 Å². The third-order valence-electron chi connectivity index (χ3n) is 2.88. The van der Waals surface area contributed by atoms with E-state index in [0.717, 1.165) is 10.9 Å². The highest BCUT2D eigenvalue weighted by atomic mass is 35.5. The van der Waals surface area contributed by atoms with Crippen molar-refractivity contribution in [1.82, 2.24) is 9.97 Å². The lowest BCUT2D eigenvalue weighted by atomic mass is 10.2. The molecule has 1 fully saturated rings. The molecule has 4 nitrogen and oxygen atoms in total. The molecule has 1 amide bonds. The van der Waals surface area contributed by atoms with Crippen molar-refractivity contribution < 1.29 is 4.79 Å². The minimum atomic E-state index is -0.170. The summed E-state index contributed by atoms with van der Waals surface area (Å²) in [6.07, 6.45) is 1.97. The highest BCUT2D eigenvalue weighted by Gasteiger charge is 2.30. The zero-order chi connectivity index (χ0) is 12.7. The Hall–Kier alpha value is -1.39. The molecule has 6 heteroatoms. The fourth-order valence-electron chi connectivity index (χ4n) is 2.00. The molecule has 1 saturated heterocycles. The number of rotatable bonds is 1. The van der Waals surface area contributed by atoms with Crippen LogP contribution in [-0.2, 0) is 4.79 Å². The molecule has 3 rings (SSSR count). The lowest BCUT2D eigenvalue weighted by Crippen LogP contribution is -2.26. The largest absolute Gasteiger partial charge is 0.279 e. The molecular weight excluding hydrogens is 273 g/mol. The normalized spacial score (nSPS) is 19.8. The fourth-order valence-corrected chi connectivity index (χ4v) is 2.49. The molecule has 0 saturated carbocycles. The summed E-state index contributed by atoms with van der Waals surface area (Å²) in [5.41, 5.74) is 0.721. The van der Waals surface area contributed by atoms with E-state index in [-0.39, 0.29) is 11.3 Å². The van der Waals surface area contributed by atoms with Gasteiger partial charge in [-0.1, -0.05) is 17.7 Å². The molecule has 1 aliphatic heterocycles. The number of hydrogen-bond donors (Lipinski definition) is 0. The molecule has 18 heavy (non-hydrogen) atoms. The van der Waals surface area contributed by atoms with Gasteiger partial charge in [0.15, 0.2) is 0 Å². The Morgan fingerprint density at radius 3 is 2.94 bits per heavy atom. The second-order valence-electron chi connectivity index (χ2n) is 4.15. The SMILES string of the molecule is O=C1CC(Cl)CN1c1ncc2c(Cl)cccc2n1. The van der Waals surface area contributed by atoms with Gasteiger partial charge in [0.1, 0.15) is 0 Å². The summed E-state index contributed by atoms with van der Waals surface area (Å²) in [7, 11) is 0. The van der Waals surface area contributed by atoms with Crippen molar-refractivity contribution in [2.24, 2.45) is 0 Å². The lowest BCUT2D eigenvalue weighted by Gasteiger charge is -2.13. The number of carbonyl (C=O) groups excluding carboxylic acids is 1. The zero-order valence-electron chi connectivity index (χ0n) is 9.31. The highest BCUT2D eigenvalue weighted by Crippen LogP contribution is 2.25. The number of halogens is 2. The Labute approximate surface area is 114 Å². The van der Waals surface area contributed by atoms with E-state index in [1.807, 2.05) is 12.1 Å². The van der Waals surface area contributed by atoms with Gasteiger partial charge in [0.2, 0.25) is 11.9 Å². The quantitative estimate of drug-likeness (QED) is 0.755. The van der Waals surface area contributed by atoms with E-state index >= 15 is 0 Å². The van der Waals surface area contributed by atoms with Crippen molar-refractivity contribution in [2.75, 3.05) is 11.4 Å². The minimum Gasteiger partial charge on any atom is -0.279 e. The molecule has 0 N–H and O–H groups in total. The second kappa shape index (κ2) is 4.37. The number of benzene rings is 1. The van der Waals surface area contributed by atoms with Crippen LogP contribution in [0.1, 0.15) is 6.42 Å². The Balaban J connectivity index is 2.06. The molecule has 92 valence electrons. The molecule has 0 spiro atoms. The first-order chi connectivity index (χ1) is 8.65. The monoisotopic (exact) mass is 281 g/mol. The second-order valence-corrected chi connectivity index (χ2v) is 5.17. The number of alkyl halides is 1. The van der Waals surface area contributed by atoms with Crippen molar-refractivity contribution in [3.63, 3.8) is 0 Å². The smallest absolute Gasteiger partial charge is 0.232 e. The number of nitrogens with zero attached hydrogens (tertiary/aromatic N) is 3. The van der Waals surface area contributed by atoms with Crippen LogP contribution in [0.4, 0.5) is 5.95 Å². The van der Waals surface area contributed by atoms with Gasteiger partial charge in [0.25, 0.3) is 0 Å². The van der Waals surface area contributed by atoms with Crippen LogP contribution >= 0.6 is 23.2 Å². The van der Waals surface area contributed by atoms with Gasteiger partial charge in [-0.2, -0.15) is 0 Å². The molecule has 1 aliphatic rings. The van der Waals surface area contributed by atoms with Gasteiger partial charge in [-0.3, -0.25) is 9.69 Å².